The van der Waals surface area contributed by atoms with Gasteiger partial charge in [-0.15, -0.1) is 0 Å². The van der Waals surface area contributed by atoms with E-state index in [-0.39, 0.29) is 11.2 Å². The summed E-state index contributed by atoms with van der Waals surface area (Å²) in [5.41, 5.74) is -0.199. The van der Waals surface area contributed by atoms with Gasteiger partial charge in [-0.3, -0.25) is 0 Å². The first-order chi connectivity index (χ1) is 11.3. The normalized spacial score (nSPS) is 32.4. The van der Waals surface area contributed by atoms with Crippen molar-refractivity contribution < 1.29 is 9.47 Å². The summed E-state index contributed by atoms with van der Waals surface area (Å²) in [6.45, 7) is 12.7. The summed E-state index contributed by atoms with van der Waals surface area (Å²) in [6.07, 6.45) is 16.4. The molecule has 2 aliphatic rings. The van der Waals surface area contributed by atoms with Crippen molar-refractivity contribution in [3.05, 3.63) is 46.8 Å². The summed E-state index contributed by atoms with van der Waals surface area (Å²) in [7, 11) is -0.194. The van der Waals surface area contributed by atoms with Gasteiger partial charge in [-0.2, -0.15) is 0 Å². The molecule has 2 nitrogen and oxygen atoms in total. The molecule has 2 aliphatic carbocycles. The number of allylic oxidation sites excluding steroid dienone is 4. The Morgan fingerprint density at radius 2 is 1.38 bits per heavy atom. The molecule has 0 amide bonds. The molecule has 24 heavy (non-hydrogen) atoms. The van der Waals surface area contributed by atoms with E-state index >= 15 is 0 Å². The fourth-order valence-corrected chi connectivity index (χ4v) is 20.1. The van der Waals surface area contributed by atoms with Crippen LogP contribution in [0.2, 0.25) is 6.55 Å². The molecule has 0 aliphatic heterocycles. The van der Waals surface area contributed by atoms with E-state index in [0.29, 0.717) is 0 Å². The Morgan fingerprint density at radius 3 is 1.62 bits per heavy atom. The molecule has 0 saturated heterocycles. The molecule has 0 aromatic heterocycles. The van der Waals surface area contributed by atoms with Gasteiger partial charge in [0.15, 0.2) is 0 Å². The summed E-state index contributed by atoms with van der Waals surface area (Å²) in [5.74, 6) is 0. The minimum Gasteiger partial charge on any atom is -0.371 e. The second-order valence-corrected chi connectivity index (χ2v) is 27.9. The van der Waals surface area contributed by atoms with Crippen LogP contribution in [0.4, 0.5) is 0 Å². The Hall–Kier alpha value is -0.469. The topological polar surface area (TPSA) is 18.5 Å². The number of rotatable bonds is 7. The summed E-state index contributed by atoms with van der Waals surface area (Å²) in [4.78, 5) is 0. The lowest BCUT2D eigenvalue weighted by Crippen LogP contribution is -2.40. The third-order valence-corrected chi connectivity index (χ3v) is 21.0. The second-order valence-electron chi connectivity index (χ2n) is 7.70. The van der Waals surface area contributed by atoms with Gasteiger partial charge in [0.05, 0.1) is 19.5 Å². The zero-order valence-corrected chi connectivity index (χ0v) is 20.6. The number of hydrogen-bond acceptors (Lipinski definition) is 2. The van der Waals surface area contributed by atoms with Crippen molar-refractivity contribution in [2.75, 3.05) is 13.2 Å². The van der Waals surface area contributed by atoms with Gasteiger partial charge in [-0.1, -0.05) is 53.4 Å². The molecule has 0 aromatic rings. The number of ether oxygens (including phenoxy) is 2. The van der Waals surface area contributed by atoms with Crippen molar-refractivity contribution in [2.24, 2.45) is 0 Å². The molecular weight excluding hydrogens is 344 g/mol. The lowest BCUT2D eigenvalue weighted by Gasteiger charge is -2.33. The first kappa shape index (κ1) is 19.9. The van der Waals surface area contributed by atoms with Crippen LogP contribution in [0.15, 0.2) is 46.8 Å². The van der Waals surface area contributed by atoms with Gasteiger partial charge in [0.25, 0.3) is 0 Å². The molecule has 0 heterocycles. The van der Waals surface area contributed by atoms with Gasteiger partial charge >= 0.3 is 0 Å². The summed E-state index contributed by atoms with van der Waals surface area (Å²) < 4.78 is 11.8. The summed E-state index contributed by atoms with van der Waals surface area (Å²) >= 11 is 0. The van der Waals surface area contributed by atoms with E-state index in [4.69, 9.17) is 9.47 Å². The highest BCUT2D eigenvalue weighted by molar-refractivity contribution is 7.45. The summed E-state index contributed by atoms with van der Waals surface area (Å²) in [5, 5.41) is 3.30. The number of hydrogen-bond donors (Lipinski definition) is 0. The molecule has 0 spiro atoms. The van der Waals surface area contributed by atoms with E-state index < -0.39 is 16.1 Å². The van der Waals surface area contributed by atoms with Gasteiger partial charge < -0.3 is 9.47 Å². The fourth-order valence-electron chi connectivity index (χ4n) is 3.76. The van der Waals surface area contributed by atoms with E-state index in [9.17, 15) is 0 Å². The largest absolute Gasteiger partial charge is 0.371 e. The Morgan fingerprint density at radius 1 is 0.958 bits per heavy atom. The molecule has 2 rings (SSSR count). The Balaban J connectivity index is 2.15. The van der Waals surface area contributed by atoms with Crippen LogP contribution < -0.4 is 0 Å². The van der Waals surface area contributed by atoms with Crippen molar-refractivity contribution >= 4 is 25.9 Å². The van der Waals surface area contributed by atoms with Crippen LogP contribution in [0.25, 0.3) is 0 Å². The smallest absolute Gasteiger partial charge is 0.0882 e. The van der Waals surface area contributed by atoms with E-state index in [2.05, 4.69) is 70.7 Å². The van der Waals surface area contributed by atoms with Gasteiger partial charge in [-0.25, -0.2) is 0 Å². The minimum atomic E-state index is -0.987. The standard InChI is InChI=1S/C19H34O2Si3/c1-6-20-18(3)12-8-16(9-13-18)24(23(5)22)17-10-14-19(4,15-11-17)21-7-2/h8-12,14,23-24H,6-7,13,15H2,1-5,22H3. The highest BCUT2D eigenvalue weighted by Gasteiger charge is 2.31. The maximum Gasteiger partial charge on any atom is 0.0882 e. The molecule has 0 radical (unpaired) electrons. The average molecular weight is 379 g/mol. The highest BCUT2D eigenvalue weighted by atomic mass is 29.6. The second kappa shape index (κ2) is 8.27. The van der Waals surface area contributed by atoms with Crippen LogP contribution in [-0.4, -0.2) is 50.3 Å². The maximum atomic E-state index is 5.92. The van der Waals surface area contributed by atoms with E-state index in [0.717, 1.165) is 26.1 Å². The quantitative estimate of drug-likeness (QED) is 0.634. The van der Waals surface area contributed by atoms with Crippen LogP contribution >= 0.6 is 0 Å². The first-order valence-electron chi connectivity index (χ1n) is 9.39. The monoisotopic (exact) mass is 378 g/mol. The van der Waals surface area contributed by atoms with Crippen LogP contribution in [-0.2, 0) is 9.47 Å². The molecular formula is C19H34O2Si3. The first-order valence-corrected chi connectivity index (χ1v) is 19.0. The van der Waals surface area contributed by atoms with Crippen molar-refractivity contribution in [1.82, 2.24) is 0 Å². The SMILES string of the molecule is CCOC1(C)C=CC([SiH](C2=CCC(C)(OCC)C=C2)[SiH](C)[SiH3])=CC1. The fraction of sp³-hybridized carbons (Fsp3) is 0.579. The molecule has 3 atom stereocenters. The maximum absolute atomic E-state index is 5.92. The third-order valence-electron chi connectivity index (χ3n) is 5.08. The van der Waals surface area contributed by atoms with Crippen LogP contribution in [0.1, 0.15) is 40.5 Å². The molecule has 0 fully saturated rings. The predicted molar refractivity (Wildman–Crippen MR) is 114 cm³/mol. The molecule has 3 unspecified atom stereocenters. The minimum absolute atomic E-state index is 0.0997. The zero-order valence-electron chi connectivity index (χ0n) is 16.3. The van der Waals surface area contributed by atoms with Gasteiger partial charge in [0.2, 0.25) is 0 Å². The van der Waals surface area contributed by atoms with Crippen LogP contribution in [0.5, 0.6) is 0 Å². The highest BCUT2D eigenvalue weighted by Crippen LogP contribution is 2.31. The average Bonchev–Trinajstić information content (AvgIpc) is 2.52. The van der Waals surface area contributed by atoms with Crippen molar-refractivity contribution in [2.45, 2.75) is 58.3 Å². The van der Waals surface area contributed by atoms with Gasteiger partial charge in [-0.05, 0) is 50.3 Å². The molecule has 134 valence electrons. The zero-order chi connectivity index (χ0) is 17.8. The van der Waals surface area contributed by atoms with E-state index in [1.807, 2.05) is 0 Å². The van der Waals surface area contributed by atoms with Crippen LogP contribution in [0.3, 0.4) is 0 Å². The van der Waals surface area contributed by atoms with E-state index in [1.54, 1.807) is 10.4 Å². The lowest BCUT2D eigenvalue weighted by molar-refractivity contribution is 0.0150. The van der Waals surface area contributed by atoms with E-state index in [1.165, 1.54) is 9.76 Å². The Kier molecular flexibility index (Phi) is 6.84. The molecule has 5 heteroatoms. The molecule has 0 bridgehead atoms. The van der Waals surface area contributed by atoms with Crippen molar-refractivity contribution in [3.8, 4) is 0 Å². The van der Waals surface area contributed by atoms with Crippen molar-refractivity contribution in [1.29, 1.82) is 0 Å². The molecule has 0 N–H and O–H groups in total. The molecule has 0 aromatic carbocycles. The van der Waals surface area contributed by atoms with Gasteiger partial charge in [0.1, 0.15) is 0 Å². The lowest BCUT2D eigenvalue weighted by atomic mass is 9.97. The third kappa shape index (κ3) is 4.79. The molecule has 0 saturated carbocycles. The van der Waals surface area contributed by atoms with Gasteiger partial charge in [0, 0.05) is 21.0 Å². The summed E-state index contributed by atoms with van der Waals surface area (Å²) in [6, 6.07) is 0. The van der Waals surface area contributed by atoms with Crippen molar-refractivity contribution in [3.63, 3.8) is 0 Å². The van der Waals surface area contributed by atoms with Crippen LogP contribution in [0, 0.1) is 0 Å². The predicted octanol–water partition coefficient (Wildman–Crippen LogP) is 2.45. The Labute approximate surface area is 153 Å². The Bertz CT molecular complexity index is 519.